The van der Waals surface area contributed by atoms with Crippen LogP contribution in [0.3, 0.4) is 0 Å². The smallest absolute Gasteiger partial charge is 0.252 e. The van der Waals surface area contributed by atoms with Gasteiger partial charge in [0.1, 0.15) is 4.21 Å². The molecule has 1 aliphatic carbocycles. The maximum Gasteiger partial charge on any atom is 0.252 e. The van der Waals surface area contributed by atoms with Gasteiger partial charge in [-0.25, -0.2) is 8.42 Å². The van der Waals surface area contributed by atoms with Gasteiger partial charge >= 0.3 is 0 Å². The molecule has 1 saturated carbocycles. The second-order valence-electron chi connectivity index (χ2n) is 7.48. The van der Waals surface area contributed by atoms with Crippen LogP contribution in [0.15, 0.2) is 20.2 Å². The number of aromatic nitrogens is 2. The van der Waals surface area contributed by atoms with Crippen LogP contribution in [0, 0.1) is 12.8 Å². The molecule has 0 radical (unpaired) electrons. The summed E-state index contributed by atoms with van der Waals surface area (Å²) < 4.78 is 32.8. The van der Waals surface area contributed by atoms with Gasteiger partial charge in [0.2, 0.25) is 17.6 Å². The molecule has 2 fully saturated rings. The maximum atomic E-state index is 13.1. The third-order valence-corrected chi connectivity index (χ3v) is 8.69. The zero-order valence-electron chi connectivity index (χ0n) is 15.8. The topological polar surface area (TPSA) is 105 Å². The Morgan fingerprint density at radius 1 is 1.29 bits per heavy atom. The summed E-state index contributed by atoms with van der Waals surface area (Å²) in [7, 11) is -3.65. The molecule has 3 heterocycles. The van der Waals surface area contributed by atoms with Crippen LogP contribution < -0.4 is 5.32 Å². The first-order valence-electron chi connectivity index (χ1n) is 9.63. The summed E-state index contributed by atoms with van der Waals surface area (Å²) >= 11 is 1.14. The first kappa shape index (κ1) is 19.5. The molecule has 2 aromatic rings. The molecule has 4 rings (SSSR count). The molecular weight excluding hydrogens is 400 g/mol. The summed E-state index contributed by atoms with van der Waals surface area (Å²) in [5, 5.41) is 8.65. The van der Waals surface area contributed by atoms with Crippen LogP contribution in [-0.4, -0.2) is 47.9 Å². The van der Waals surface area contributed by atoms with E-state index in [1.165, 1.54) is 4.31 Å². The Labute approximate surface area is 168 Å². The molecule has 1 unspecified atom stereocenters. The van der Waals surface area contributed by atoms with Gasteiger partial charge in [0.05, 0.1) is 5.92 Å². The molecule has 0 bridgehead atoms. The Morgan fingerprint density at radius 2 is 2.07 bits per heavy atom. The van der Waals surface area contributed by atoms with E-state index in [1.807, 2.05) is 0 Å². The highest BCUT2D eigenvalue weighted by molar-refractivity contribution is 7.91. The number of thiophene rings is 1. The summed E-state index contributed by atoms with van der Waals surface area (Å²) in [6.45, 7) is 2.35. The van der Waals surface area contributed by atoms with Gasteiger partial charge in [0.25, 0.3) is 10.0 Å². The van der Waals surface area contributed by atoms with Crippen LogP contribution in [0.5, 0.6) is 0 Å². The number of nitrogens with zero attached hydrogens (tertiary/aromatic N) is 3. The van der Waals surface area contributed by atoms with E-state index in [4.69, 9.17) is 4.52 Å². The van der Waals surface area contributed by atoms with Gasteiger partial charge in [0.15, 0.2) is 0 Å². The summed E-state index contributed by atoms with van der Waals surface area (Å²) in [4.78, 5) is 16.7. The highest BCUT2D eigenvalue weighted by Crippen LogP contribution is 2.31. The fourth-order valence-corrected chi connectivity index (χ4v) is 6.71. The van der Waals surface area contributed by atoms with E-state index in [1.54, 1.807) is 18.4 Å². The summed E-state index contributed by atoms with van der Waals surface area (Å²) in [5.41, 5.74) is 0.618. The number of hydrogen-bond donors (Lipinski definition) is 1. The van der Waals surface area contributed by atoms with Crippen molar-refractivity contribution < 1.29 is 17.7 Å². The van der Waals surface area contributed by atoms with Crippen LogP contribution in [0.2, 0.25) is 0 Å². The van der Waals surface area contributed by atoms with Gasteiger partial charge in [-0.15, -0.1) is 11.3 Å². The number of carbonyl (C=O) groups is 1. The highest BCUT2D eigenvalue weighted by Gasteiger charge is 2.35. The molecule has 0 spiro atoms. The number of nitrogens with one attached hydrogen (secondary N) is 1. The Balaban J connectivity index is 1.46. The zero-order chi connectivity index (χ0) is 19.7. The zero-order valence-corrected chi connectivity index (χ0v) is 17.4. The number of amides is 1. The normalized spacial score (nSPS) is 21.8. The van der Waals surface area contributed by atoms with E-state index in [0.717, 1.165) is 43.4 Å². The lowest BCUT2D eigenvalue weighted by atomic mass is 9.98. The lowest BCUT2D eigenvalue weighted by Gasteiger charge is -2.31. The molecular formula is C18H24N4O4S2. The highest BCUT2D eigenvalue weighted by atomic mass is 32.2. The predicted molar refractivity (Wildman–Crippen MR) is 104 cm³/mol. The average Bonchev–Trinajstić information content (AvgIpc) is 3.43. The fraction of sp³-hybridized carbons (Fsp3) is 0.611. The van der Waals surface area contributed by atoms with Gasteiger partial charge in [-0.3, -0.25) is 4.79 Å². The second kappa shape index (κ2) is 7.92. The molecule has 0 aromatic carbocycles. The van der Waals surface area contributed by atoms with Crippen molar-refractivity contribution >= 4 is 27.3 Å². The number of rotatable bonds is 5. The monoisotopic (exact) mass is 424 g/mol. The minimum absolute atomic E-state index is 0.0130. The Hall–Kier alpha value is -1.78. The van der Waals surface area contributed by atoms with Crippen LogP contribution in [0.25, 0.3) is 11.4 Å². The van der Waals surface area contributed by atoms with Gasteiger partial charge < -0.3 is 9.84 Å². The third kappa shape index (κ3) is 3.99. The Morgan fingerprint density at radius 3 is 2.79 bits per heavy atom. The maximum absolute atomic E-state index is 13.1. The molecule has 8 nitrogen and oxygen atoms in total. The van der Waals surface area contributed by atoms with E-state index < -0.39 is 10.0 Å². The quantitative estimate of drug-likeness (QED) is 0.791. The van der Waals surface area contributed by atoms with Crippen molar-refractivity contribution in [2.24, 2.45) is 5.92 Å². The standard InChI is InChI=1S/C18H24N4O4S2/c1-12-19-17(21-26-12)14-9-16(27-11-14)28(24,25)22-8-4-5-13(10-22)18(23)20-15-6-2-3-7-15/h9,11,13,15H,2-8,10H2,1H3,(H,20,23). The van der Waals surface area contributed by atoms with E-state index in [2.05, 4.69) is 15.5 Å². The lowest BCUT2D eigenvalue weighted by molar-refractivity contribution is -0.126. The first-order chi connectivity index (χ1) is 13.4. The van der Waals surface area contributed by atoms with Crippen molar-refractivity contribution in [3.63, 3.8) is 0 Å². The van der Waals surface area contributed by atoms with Crippen molar-refractivity contribution in [2.45, 2.75) is 55.7 Å². The van der Waals surface area contributed by atoms with Crippen molar-refractivity contribution in [3.8, 4) is 11.4 Å². The predicted octanol–water partition coefficient (Wildman–Crippen LogP) is 2.57. The van der Waals surface area contributed by atoms with Crippen molar-refractivity contribution in [1.29, 1.82) is 0 Å². The Bertz CT molecular complexity index is 946. The van der Waals surface area contributed by atoms with E-state index in [-0.39, 0.29) is 28.6 Å². The molecule has 152 valence electrons. The second-order valence-corrected chi connectivity index (χ2v) is 10.6. The van der Waals surface area contributed by atoms with E-state index in [0.29, 0.717) is 30.2 Å². The molecule has 1 atom stereocenters. The molecule has 1 saturated heterocycles. The van der Waals surface area contributed by atoms with Gasteiger partial charge in [0, 0.05) is 37.0 Å². The molecule has 2 aromatic heterocycles. The van der Waals surface area contributed by atoms with Crippen LogP contribution in [0.4, 0.5) is 0 Å². The molecule has 2 aliphatic rings. The molecule has 28 heavy (non-hydrogen) atoms. The van der Waals surface area contributed by atoms with Crippen LogP contribution in [0.1, 0.15) is 44.4 Å². The molecule has 10 heteroatoms. The number of aryl methyl sites for hydroxylation is 1. The van der Waals surface area contributed by atoms with Gasteiger partial charge in [-0.05, 0) is 31.7 Å². The molecule has 1 amide bonds. The third-order valence-electron chi connectivity index (χ3n) is 5.41. The number of hydrogen-bond acceptors (Lipinski definition) is 7. The Kier molecular flexibility index (Phi) is 5.52. The first-order valence-corrected chi connectivity index (χ1v) is 12.0. The van der Waals surface area contributed by atoms with E-state index >= 15 is 0 Å². The van der Waals surface area contributed by atoms with Crippen LogP contribution in [-0.2, 0) is 14.8 Å². The molecule has 1 N–H and O–H groups in total. The SMILES string of the molecule is Cc1nc(-c2csc(S(=O)(=O)N3CCCC(C(=O)NC4CCCC4)C3)c2)no1. The van der Waals surface area contributed by atoms with Gasteiger partial charge in [-0.1, -0.05) is 18.0 Å². The number of sulfonamides is 1. The van der Waals surface area contributed by atoms with Gasteiger partial charge in [-0.2, -0.15) is 9.29 Å². The number of piperidine rings is 1. The number of carbonyl (C=O) groups excluding carboxylic acids is 1. The fourth-order valence-electron chi connectivity index (χ4n) is 3.88. The summed E-state index contributed by atoms with van der Waals surface area (Å²) in [6.07, 6.45) is 5.75. The molecule has 1 aliphatic heterocycles. The summed E-state index contributed by atoms with van der Waals surface area (Å²) in [6, 6.07) is 1.82. The summed E-state index contributed by atoms with van der Waals surface area (Å²) in [5.74, 6) is 0.504. The van der Waals surface area contributed by atoms with Crippen molar-refractivity contribution in [3.05, 3.63) is 17.3 Å². The van der Waals surface area contributed by atoms with Crippen molar-refractivity contribution in [2.75, 3.05) is 13.1 Å². The van der Waals surface area contributed by atoms with Crippen LogP contribution >= 0.6 is 11.3 Å². The largest absolute Gasteiger partial charge is 0.353 e. The minimum atomic E-state index is -3.65. The average molecular weight is 425 g/mol. The van der Waals surface area contributed by atoms with E-state index in [9.17, 15) is 13.2 Å². The lowest BCUT2D eigenvalue weighted by Crippen LogP contribution is -2.47. The van der Waals surface area contributed by atoms with Crippen molar-refractivity contribution in [1.82, 2.24) is 19.8 Å². The minimum Gasteiger partial charge on any atom is -0.353 e.